The molecule has 0 aromatic carbocycles. The van der Waals surface area contributed by atoms with E-state index in [0.29, 0.717) is 23.5 Å². The maximum Gasteiger partial charge on any atom is 0.0677 e. The van der Waals surface area contributed by atoms with Gasteiger partial charge in [-0.1, -0.05) is 27.7 Å². The van der Waals surface area contributed by atoms with Crippen LogP contribution in [0.4, 0.5) is 0 Å². The van der Waals surface area contributed by atoms with Crippen molar-refractivity contribution in [1.82, 2.24) is 5.32 Å². The van der Waals surface area contributed by atoms with Crippen LogP contribution in [0.5, 0.6) is 0 Å². The van der Waals surface area contributed by atoms with Crippen LogP contribution in [-0.4, -0.2) is 25.3 Å². The third kappa shape index (κ3) is 1.40. The van der Waals surface area contributed by atoms with Crippen molar-refractivity contribution in [3.63, 3.8) is 0 Å². The van der Waals surface area contributed by atoms with Crippen LogP contribution in [-0.2, 0) is 4.74 Å². The molecule has 0 saturated heterocycles. The van der Waals surface area contributed by atoms with Gasteiger partial charge in [-0.15, -0.1) is 0 Å². The summed E-state index contributed by atoms with van der Waals surface area (Å²) in [4.78, 5) is 0. The summed E-state index contributed by atoms with van der Waals surface area (Å²) in [6.07, 6.45) is 1.78. The molecule has 5 unspecified atom stereocenters. The highest BCUT2D eigenvalue weighted by Gasteiger charge is 2.56. The fraction of sp³-hybridized carbons (Fsp3) is 1.00. The van der Waals surface area contributed by atoms with E-state index in [9.17, 15) is 0 Å². The van der Waals surface area contributed by atoms with Gasteiger partial charge in [-0.25, -0.2) is 0 Å². The molecule has 1 N–H and O–H groups in total. The van der Waals surface area contributed by atoms with Crippen LogP contribution in [0.3, 0.4) is 0 Å². The first-order valence-corrected chi connectivity index (χ1v) is 5.77. The smallest absolute Gasteiger partial charge is 0.0677 e. The molecule has 82 valence electrons. The van der Waals surface area contributed by atoms with Gasteiger partial charge in [0.25, 0.3) is 0 Å². The van der Waals surface area contributed by atoms with E-state index in [0.717, 1.165) is 12.0 Å². The monoisotopic (exact) mass is 197 g/mol. The van der Waals surface area contributed by atoms with Gasteiger partial charge in [0.1, 0.15) is 0 Å². The molecule has 2 aliphatic rings. The van der Waals surface area contributed by atoms with Gasteiger partial charge in [0.05, 0.1) is 6.10 Å². The van der Waals surface area contributed by atoms with Crippen molar-refractivity contribution in [2.45, 2.75) is 52.3 Å². The molecule has 0 aliphatic heterocycles. The topological polar surface area (TPSA) is 21.3 Å². The summed E-state index contributed by atoms with van der Waals surface area (Å²) in [6, 6.07) is 1.42. The van der Waals surface area contributed by atoms with Crippen molar-refractivity contribution in [2.75, 3.05) is 7.11 Å². The average Bonchev–Trinajstić information content (AvgIpc) is 2.78. The van der Waals surface area contributed by atoms with E-state index in [2.05, 4.69) is 33.0 Å². The van der Waals surface area contributed by atoms with Crippen molar-refractivity contribution in [1.29, 1.82) is 0 Å². The molecule has 0 radical (unpaired) electrons. The lowest BCUT2D eigenvalue weighted by Crippen LogP contribution is -2.67. The molecule has 0 bridgehead atoms. The molecule has 0 heterocycles. The van der Waals surface area contributed by atoms with E-state index in [-0.39, 0.29) is 0 Å². The van der Waals surface area contributed by atoms with E-state index in [1.54, 1.807) is 0 Å². The summed E-state index contributed by atoms with van der Waals surface area (Å²) in [5.74, 6) is 1.54. The molecule has 5 atom stereocenters. The van der Waals surface area contributed by atoms with Gasteiger partial charge in [0.2, 0.25) is 0 Å². The van der Waals surface area contributed by atoms with Crippen LogP contribution < -0.4 is 5.32 Å². The number of methoxy groups -OCH3 is 1. The van der Waals surface area contributed by atoms with Gasteiger partial charge in [0.15, 0.2) is 0 Å². The number of rotatable bonds is 3. The molecule has 2 fully saturated rings. The van der Waals surface area contributed by atoms with Crippen LogP contribution in [0.1, 0.15) is 34.1 Å². The largest absolute Gasteiger partial charge is 0.380 e. The minimum Gasteiger partial charge on any atom is -0.380 e. The summed E-state index contributed by atoms with van der Waals surface area (Å²) in [6.45, 7) is 9.24. The Morgan fingerprint density at radius 3 is 2.21 bits per heavy atom. The highest BCUT2D eigenvalue weighted by atomic mass is 16.5. The van der Waals surface area contributed by atoms with Crippen LogP contribution in [0, 0.1) is 17.3 Å². The molecule has 0 aromatic heterocycles. The Balaban J connectivity index is 1.93. The highest BCUT2D eigenvalue weighted by Crippen LogP contribution is 2.48. The molecule has 2 aliphatic carbocycles. The third-order valence-corrected chi connectivity index (χ3v) is 4.30. The predicted molar refractivity (Wildman–Crippen MR) is 58.2 cm³/mol. The fourth-order valence-corrected chi connectivity index (χ4v) is 3.26. The molecule has 14 heavy (non-hydrogen) atoms. The number of hydrogen-bond acceptors (Lipinski definition) is 2. The molecule has 2 saturated carbocycles. The molecule has 2 heteroatoms. The maximum absolute atomic E-state index is 5.53. The van der Waals surface area contributed by atoms with Gasteiger partial charge < -0.3 is 10.1 Å². The number of ether oxygens (including phenoxy) is 1. The average molecular weight is 197 g/mol. The Hall–Kier alpha value is -0.0800. The zero-order valence-electron chi connectivity index (χ0n) is 10.0. The second kappa shape index (κ2) is 3.21. The number of nitrogens with one attached hydrogen (secondary N) is 1. The highest BCUT2D eigenvalue weighted by molar-refractivity contribution is 5.10. The first-order valence-electron chi connectivity index (χ1n) is 5.77. The Bertz CT molecular complexity index is 226. The lowest BCUT2D eigenvalue weighted by molar-refractivity contribution is -0.145. The summed E-state index contributed by atoms with van der Waals surface area (Å²) in [5.41, 5.74) is 0.302. The van der Waals surface area contributed by atoms with Gasteiger partial charge >= 0.3 is 0 Å². The van der Waals surface area contributed by atoms with Gasteiger partial charge in [0, 0.05) is 24.6 Å². The normalized spacial score (nSPS) is 49.9. The second-order valence-electron chi connectivity index (χ2n) is 5.80. The van der Waals surface area contributed by atoms with Gasteiger partial charge in [-0.2, -0.15) is 0 Å². The van der Waals surface area contributed by atoms with E-state index in [1.807, 2.05) is 7.11 Å². The maximum atomic E-state index is 5.53. The van der Waals surface area contributed by atoms with E-state index < -0.39 is 0 Å². The minimum absolute atomic E-state index is 0.302. The van der Waals surface area contributed by atoms with E-state index in [1.165, 1.54) is 6.42 Å². The van der Waals surface area contributed by atoms with E-state index >= 15 is 0 Å². The van der Waals surface area contributed by atoms with Crippen LogP contribution in [0.2, 0.25) is 0 Å². The van der Waals surface area contributed by atoms with Crippen molar-refractivity contribution in [2.24, 2.45) is 17.3 Å². The van der Waals surface area contributed by atoms with E-state index in [4.69, 9.17) is 4.74 Å². The fourth-order valence-electron chi connectivity index (χ4n) is 3.26. The predicted octanol–water partition coefficient (Wildman–Crippen LogP) is 2.04. The molecule has 0 aromatic rings. The molecule has 2 rings (SSSR count). The molecular formula is C12H23NO. The first-order chi connectivity index (χ1) is 6.48. The standard InChI is InChI=1S/C12H23NO/c1-7-6-9(7)13-10-8(2)11(14-5)12(10,3)4/h7-11,13H,6H2,1-5H3. The quantitative estimate of drug-likeness (QED) is 0.747. The Morgan fingerprint density at radius 1 is 1.29 bits per heavy atom. The molecule has 0 spiro atoms. The van der Waals surface area contributed by atoms with Crippen LogP contribution in [0.25, 0.3) is 0 Å². The lowest BCUT2D eigenvalue weighted by atomic mass is 9.58. The lowest BCUT2D eigenvalue weighted by Gasteiger charge is -2.57. The first kappa shape index (κ1) is 10.4. The Labute approximate surface area is 87.4 Å². The van der Waals surface area contributed by atoms with Crippen molar-refractivity contribution in [3.8, 4) is 0 Å². The summed E-state index contributed by atoms with van der Waals surface area (Å²) in [7, 11) is 1.83. The van der Waals surface area contributed by atoms with Crippen molar-refractivity contribution < 1.29 is 4.74 Å². The molecule has 0 amide bonds. The number of hydrogen-bond donors (Lipinski definition) is 1. The minimum atomic E-state index is 0.302. The summed E-state index contributed by atoms with van der Waals surface area (Å²) < 4.78 is 5.53. The zero-order valence-corrected chi connectivity index (χ0v) is 10.0. The second-order valence-corrected chi connectivity index (χ2v) is 5.80. The van der Waals surface area contributed by atoms with Crippen LogP contribution >= 0.6 is 0 Å². The van der Waals surface area contributed by atoms with Gasteiger partial charge in [-0.3, -0.25) is 0 Å². The van der Waals surface area contributed by atoms with Crippen molar-refractivity contribution >= 4 is 0 Å². The molecular weight excluding hydrogens is 174 g/mol. The summed E-state index contributed by atoms with van der Waals surface area (Å²) >= 11 is 0. The third-order valence-electron chi connectivity index (χ3n) is 4.30. The molecule has 2 nitrogen and oxygen atoms in total. The zero-order chi connectivity index (χ0) is 10.5. The Kier molecular flexibility index (Phi) is 2.39. The SMILES string of the molecule is COC1C(C)C(NC2CC2C)C1(C)C. The van der Waals surface area contributed by atoms with Crippen LogP contribution in [0.15, 0.2) is 0 Å². The van der Waals surface area contributed by atoms with Crippen molar-refractivity contribution in [3.05, 3.63) is 0 Å². The Morgan fingerprint density at radius 2 is 1.86 bits per heavy atom. The summed E-state index contributed by atoms with van der Waals surface area (Å²) in [5, 5.41) is 3.76. The van der Waals surface area contributed by atoms with Gasteiger partial charge in [-0.05, 0) is 18.3 Å².